The summed E-state index contributed by atoms with van der Waals surface area (Å²) in [6, 6.07) is 2.23. The first kappa shape index (κ1) is 16.8. The molecule has 1 amide bonds. The molecule has 122 valence electrons. The minimum absolute atomic E-state index is 0.0105. The number of likely N-dealkylation sites (N-methyl/N-ethyl adjacent to an activating group) is 1. The van der Waals surface area contributed by atoms with Crippen molar-refractivity contribution in [2.75, 3.05) is 26.7 Å². The number of piperidine rings is 1. The molecule has 1 aliphatic heterocycles. The molecule has 0 aromatic heterocycles. The molecule has 1 heterocycles. The third kappa shape index (κ3) is 4.45. The molecule has 1 aromatic carbocycles. The zero-order chi connectivity index (χ0) is 16.1. The Morgan fingerprint density at radius 1 is 1.23 bits per heavy atom. The molecule has 2 rings (SSSR count). The maximum Gasteiger partial charge on any atom is 0.233 e. The Labute approximate surface area is 127 Å². The maximum atomic E-state index is 13.1. The second kappa shape index (κ2) is 7.60. The van der Waals surface area contributed by atoms with Crippen LogP contribution in [0.15, 0.2) is 12.1 Å². The number of hydrogen-bond donors (Lipinski definition) is 2. The van der Waals surface area contributed by atoms with Crippen molar-refractivity contribution in [1.82, 2.24) is 15.5 Å². The molecule has 2 N–H and O–H groups in total. The van der Waals surface area contributed by atoms with Crippen LogP contribution >= 0.6 is 0 Å². The van der Waals surface area contributed by atoms with Crippen molar-refractivity contribution in [3.8, 4) is 0 Å². The van der Waals surface area contributed by atoms with Crippen molar-refractivity contribution in [2.45, 2.75) is 25.4 Å². The lowest BCUT2D eigenvalue weighted by Crippen LogP contribution is -2.45. The Balaban J connectivity index is 1.78. The monoisotopic (exact) mass is 315 g/mol. The van der Waals surface area contributed by atoms with E-state index in [2.05, 4.69) is 15.5 Å². The van der Waals surface area contributed by atoms with Gasteiger partial charge in [-0.2, -0.15) is 0 Å². The molecule has 1 aliphatic rings. The summed E-state index contributed by atoms with van der Waals surface area (Å²) in [6.45, 7) is 2.25. The topological polar surface area (TPSA) is 44.4 Å². The van der Waals surface area contributed by atoms with E-state index in [0.717, 1.165) is 38.1 Å². The van der Waals surface area contributed by atoms with Gasteiger partial charge in [0.05, 0.1) is 6.54 Å². The molecule has 0 radical (unpaired) electrons. The Morgan fingerprint density at radius 3 is 2.36 bits per heavy atom. The molecule has 0 aliphatic carbocycles. The smallest absolute Gasteiger partial charge is 0.233 e. The summed E-state index contributed by atoms with van der Waals surface area (Å²) in [6.07, 6.45) is 1.70. The molecule has 22 heavy (non-hydrogen) atoms. The van der Waals surface area contributed by atoms with Gasteiger partial charge in [0.1, 0.15) is 0 Å². The zero-order valence-electron chi connectivity index (χ0n) is 12.5. The van der Waals surface area contributed by atoms with Crippen LogP contribution in [-0.2, 0) is 11.3 Å². The van der Waals surface area contributed by atoms with Crippen molar-refractivity contribution in [3.05, 3.63) is 35.1 Å². The molecule has 1 aromatic rings. The van der Waals surface area contributed by atoms with E-state index >= 15 is 0 Å². The fourth-order valence-electron chi connectivity index (χ4n) is 2.55. The van der Waals surface area contributed by atoms with E-state index in [1.165, 1.54) is 0 Å². The van der Waals surface area contributed by atoms with Gasteiger partial charge in [0, 0.05) is 32.7 Å². The lowest BCUT2D eigenvalue weighted by atomic mass is 10.0. The highest BCUT2D eigenvalue weighted by Crippen LogP contribution is 2.15. The van der Waals surface area contributed by atoms with Crippen molar-refractivity contribution in [1.29, 1.82) is 0 Å². The molecule has 0 atom stereocenters. The summed E-state index contributed by atoms with van der Waals surface area (Å²) >= 11 is 0. The first-order chi connectivity index (χ1) is 10.5. The molecule has 1 fully saturated rings. The fourth-order valence-corrected chi connectivity index (χ4v) is 2.55. The summed E-state index contributed by atoms with van der Waals surface area (Å²) in [4.78, 5) is 13.4. The summed E-state index contributed by atoms with van der Waals surface area (Å²) in [5.41, 5.74) is 0.379. The van der Waals surface area contributed by atoms with E-state index in [9.17, 15) is 18.0 Å². The number of amides is 1. The zero-order valence-corrected chi connectivity index (χ0v) is 12.5. The molecule has 0 unspecified atom stereocenters. The van der Waals surface area contributed by atoms with Crippen LogP contribution in [0.2, 0.25) is 0 Å². The van der Waals surface area contributed by atoms with E-state index in [4.69, 9.17) is 0 Å². The number of benzene rings is 1. The van der Waals surface area contributed by atoms with Crippen molar-refractivity contribution < 1.29 is 18.0 Å². The number of rotatable bonds is 5. The van der Waals surface area contributed by atoms with Gasteiger partial charge in [-0.15, -0.1) is 0 Å². The van der Waals surface area contributed by atoms with Crippen LogP contribution in [0.4, 0.5) is 13.2 Å². The lowest BCUT2D eigenvalue weighted by Gasteiger charge is -2.31. The van der Waals surface area contributed by atoms with Gasteiger partial charge in [0.25, 0.3) is 0 Å². The first-order valence-corrected chi connectivity index (χ1v) is 7.29. The average Bonchev–Trinajstić information content (AvgIpc) is 2.51. The van der Waals surface area contributed by atoms with E-state index in [1.54, 1.807) is 7.05 Å². The molecule has 0 spiro atoms. The first-order valence-electron chi connectivity index (χ1n) is 7.29. The van der Waals surface area contributed by atoms with Gasteiger partial charge >= 0.3 is 0 Å². The average molecular weight is 315 g/mol. The highest BCUT2D eigenvalue weighted by molar-refractivity contribution is 5.77. The van der Waals surface area contributed by atoms with Gasteiger partial charge in [0.15, 0.2) is 17.5 Å². The standard InChI is InChI=1S/C15H20F3N3O/c1-19-14(22)9-21-4-2-11(3-5-21)20-8-10-6-12(16)15(18)13(17)7-10/h6-7,11,20H,2-5,8-9H2,1H3,(H,19,22). The largest absolute Gasteiger partial charge is 0.358 e. The van der Waals surface area contributed by atoms with Crippen LogP contribution in [0.5, 0.6) is 0 Å². The van der Waals surface area contributed by atoms with Crippen LogP contribution in [0.25, 0.3) is 0 Å². The highest BCUT2D eigenvalue weighted by atomic mass is 19.2. The second-order valence-corrected chi connectivity index (χ2v) is 5.48. The number of likely N-dealkylation sites (tertiary alicyclic amines) is 1. The number of nitrogens with zero attached hydrogens (tertiary/aromatic N) is 1. The molecular weight excluding hydrogens is 295 g/mol. The number of hydrogen-bond acceptors (Lipinski definition) is 3. The van der Waals surface area contributed by atoms with Gasteiger partial charge in [-0.1, -0.05) is 0 Å². The molecule has 7 heteroatoms. The third-order valence-corrected chi connectivity index (χ3v) is 3.87. The van der Waals surface area contributed by atoms with Crippen molar-refractivity contribution in [2.24, 2.45) is 0 Å². The van der Waals surface area contributed by atoms with Crippen LogP contribution in [0, 0.1) is 17.5 Å². The Hall–Kier alpha value is -1.60. The van der Waals surface area contributed by atoms with Gasteiger partial charge in [0.2, 0.25) is 5.91 Å². The molecule has 0 saturated carbocycles. The Kier molecular flexibility index (Phi) is 5.79. The predicted octanol–water partition coefficient (Wildman–Crippen LogP) is 1.40. The Bertz CT molecular complexity index is 508. The number of halogens is 3. The normalized spacial score (nSPS) is 16.7. The van der Waals surface area contributed by atoms with Crippen molar-refractivity contribution >= 4 is 5.91 Å². The molecular formula is C15H20F3N3O. The summed E-state index contributed by atoms with van der Waals surface area (Å²) in [5.74, 6) is -3.79. The lowest BCUT2D eigenvalue weighted by molar-refractivity contribution is -0.122. The minimum atomic E-state index is -1.44. The van der Waals surface area contributed by atoms with Gasteiger partial charge < -0.3 is 10.6 Å². The van der Waals surface area contributed by atoms with Crippen molar-refractivity contribution in [3.63, 3.8) is 0 Å². The SMILES string of the molecule is CNC(=O)CN1CCC(NCc2cc(F)c(F)c(F)c2)CC1. The van der Waals surface area contributed by atoms with E-state index in [1.807, 2.05) is 0 Å². The quantitative estimate of drug-likeness (QED) is 0.808. The number of nitrogens with one attached hydrogen (secondary N) is 2. The van der Waals surface area contributed by atoms with Gasteiger partial charge in [-0.3, -0.25) is 9.69 Å². The van der Waals surface area contributed by atoms with E-state index in [-0.39, 0.29) is 18.5 Å². The van der Waals surface area contributed by atoms with Gasteiger partial charge in [-0.25, -0.2) is 13.2 Å². The fraction of sp³-hybridized carbons (Fsp3) is 0.533. The van der Waals surface area contributed by atoms with Gasteiger partial charge in [-0.05, 0) is 30.5 Å². The van der Waals surface area contributed by atoms with Crippen LogP contribution in [0.3, 0.4) is 0 Å². The predicted molar refractivity (Wildman–Crippen MR) is 76.7 cm³/mol. The second-order valence-electron chi connectivity index (χ2n) is 5.48. The van der Waals surface area contributed by atoms with E-state index < -0.39 is 17.5 Å². The summed E-state index contributed by atoms with van der Waals surface area (Å²) < 4.78 is 39.1. The van der Waals surface area contributed by atoms with Crippen LogP contribution < -0.4 is 10.6 Å². The van der Waals surface area contributed by atoms with Crippen LogP contribution in [-0.4, -0.2) is 43.5 Å². The number of carbonyl (C=O) groups is 1. The summed E-state index contributed by atoms with van der Waals surface area (Å²) in [5, 5.41) is 5.80. The molecule has 4 nitrogen and oxygen atoms in total. The summed E-state index contributed by atoms with van der Waals surface area (Å²) in [7, 11) is 1.61. The maximum absolute atomic E-state index is 13.1. The third-order valence-electron chi connectivity index (χ3n) is 3.87. The Morgan fingerprint density at radius 2 is 1.82 bits per heavy atom. The molecule has 0 bridgehead atoms. The van der Waals surface area contributed by atoms with Crippen LogP contribution in [0.1, 0.15) is 18.4 Å². The highest BCUT2D eigenvalue weighted by Gasteiger charge is 2.20. The number of carbonyl (C=O) groups excluding carboxylic acids is 1. The molecule has 1 saturated heterocycles. The minimum Gasteiger partial charge on any atom is -0.358 e. The van der Waals surface area contributed by atoms with E-state index in [0.29, 0.717) is 12.1 Å².